The second kappa shape index (κ2) is 6.50. The molecule has 0 spiro atoms. The molecule has 19 heavy (non-hydrogen) atoms. The zero-order chi connectivity index (χ0) is 13.7. The Bertz CT molecular complexity index is 517. The van der Waals surface area contributed by atoms with E-state index < -0.39 is 6.10 Å². The van der Waals surface area contributed by atoms with Crippen LogP contribution in [0.3, 0.4) is 0 Å². The summed E-state index contributed by atoms with van der Waals surface area (Å²) in [5.74, 6) is 0. The number of aliphatic hydroxyl groups excluding tert-OH is 1. The molecule has 2 aromatic carbocycles. The molecule has 0 aromatic heterocycles. The van der Waals surface area contributed by atoms with Gasteiger partial charge in [-0.3, -0.25) is 0 Å². The Morgan fingerprint density at radius 1 is 1.00 bits per heavy atom. The molecule has 1 unspecified atom stereocenters. The predicted octanol–water partition coefficient (Wildman–Crippen LogP) is 3.48. The quantitative estimate of drug-likeness (QED) is 0.887. The summed E-state index contributed by atoms with van der Waals surface area (Å²) in [6, 6.07) is 16.0. The van der Waals surface area contributed by atoms with Crippen LogP contribution in [0.2, 0.25) is 0 Å². The third-order valence-electron chi connectivity index (χ3n) is 3.28. The summed E-state index contributed by atoms with van der Waals surface area (Å²) in [5.41, 5.74) is 4.18. The summed E-state index contributed by atoms with van der Waals surface area (Å²) in [6.07, 6.45) is 0.433. The van der Waals surface area contributed by atoms with E-state index in [4.69, 9.17) is 4.74 Å². The standard InChI is InChI=1S/C17H20O2/c1-3-13-7-9-15(10-8-13)17(18)16-6-4-5-14(11-16)12-19-2/h4-11,17-18H,3,12H2,1-2H3. The number of methoxy groups -OCH3 is 1. The Kier molecular flexibility index (Phi) is 4.72. The van der Waals surface area contributed by atoms with Gasteiger partial charge in [-0.1, -0.05) is 55.5 Å². The molecule has 2 nitrogen and oxygen atoms in total. The number of benzene rings is 2. The molecule has 0 bridgehead atoms. The normalized spacial score (nSPS) is 12.4. The third-order valence-corrected chi connectivity index (χ3v) is 3.28. The Labute approximate surface area is 114 Å². The topological polar surface area (TPSA) is 29.5 Å². The minimum Gasteiger partial charge on any atom is -0.384 e. The van der Waals surface area contributed by atoms with Crippen LogP contribution in [0.5, 0.6) is 0 Å². The highest BCUT2D eigenvalue weighted by atomic mass is 16.5. The van der Waals surface area contributed by atoms with Crippen molar-refractivity contribution in [3.05, 3.63) is 70.8 Å². The van der Waals surface area contributed by atoms with Crippen LogP contribution < -0.4 is 0 Å². The minimum atomic E-state index is -0.581. The van der Waals surface area contributed by atoms with Crippen molar-refractivity contribution in [1.82, 2.24) is 0 Å². The summed E-state index contributed by atoms with van der Waals surface area (Å²) in [7, 11) is 1.67. The summed E-state index contributed by atoms with van der Waals surface area (Å²) >= 11 is 0. The Balaban J connectivity index is 2.22. The van der Waals surface area contributed by atoms with E-state index in [2.05, 4.69) is 19.1 Å². The first-order valence-electron chi connectivity index (χ1n) is 6.59. The summed E-state index contributed by atoms with van der Waals surface area (Å²) in [4.78, 5) is 0. The average Bonchev–Trinajstić information content (AvgIpc) is 2.47. The van der Waals surface area contributed by atoms with E-state index in [9.17, 15) is 5.11 Å². The largest absolute Gasteiger partial charge is 0.384 e. The van der Waals surface area contributed by atoms with E-state index in [0.29, 0.717) is 6.61 Å². The van der Waals surface area contributed by atoms with Crippen molar-refractivity contribution >= 4 is 0 Å². The fourth-order valence-electron chi connectivity index (χ4n) is 2.15. The Morgan fingerprint density at radius 2 is 1.74 bits per heavy atom. The first-order valence-corrected chi connectivity index (χ1v) is 6.59. The lowest BCUT2D eigenvalue weighted by Gasteiger charge is -2.13. The number of hydrogen-bond donors (Lipinski definition) is 1. The van der Waals surface area contributed by atoms with Gasteiger partial charge in [-0.15, -0.1) is 0 Å². The smallest absolute Gasteiger partial charge is 0.104 e. The predicted molar refractivity (Wildman–Crippen MR) is 77.0 cm³/mol. The molecular formula is C17H20O2. The molecule has 0 saturated carbocycles. The second-order valence-electron chi connectivity index (χ2n) is 4.68. The lowest BCUT2D eigenvalue weighted by Crippen LogP contribution is -2.01. The summed E-state index contributed by atoms with van der Waals surface area (Å²) < 4.78 is 5.12. The van der Waals surface area contributed by atoms with Crippen LogP contribution >= 0.6 is 0 Å². The fourth-order valence-corrected chi connectivity index (χ4v) is 2.15. The maximum atomic E-state index is 10.4. The van der Waals surface area contributed by atoms with Crippen molar-refractivity contribution in [2.45, 2.75) is 26.1 Å². The first kappa shape index (κ1) is 13.8. The lowest BCUT2D eigenvalue weighted by molar-refractivity contribution is 0.184. The molecule has 0 aliphatic carbocycles. The van der Waals surface area contributed by atoms with Gasteiger partial charge in [0.15, 0.2) is 0 Å². The molecule has 2 heteroatoms. The van der Waals surface area contributed by atoms with E-state index in [0.717, 1.165) is 23.1 Å². The summed E-state index contributed by atoms with van der Waals surface area (Å²) in [5, 5.41) is 10.4. The zero-order valence-electron chi connectivity index (χ0n) is 11.5. The molecule has 1 atom stereocenters. The van der Waals surface area contributed by atoms with Gasteiger partial charge in [0.05, 0.1) is 6.61 Å². The Hall–Kier alpha value is -1.64. The lowest BCUT2D eigenvalue weighted by atomic mass is 9.98. The van der Waals surface area contributed by atoms with Crippen molar-refractivity contribution in [2.24, 2.45) is 0 Å². The van der Waals surface area contributed by atoms with Gasteiger partial charge < -0.3 is 9.84 Å². The monoisotopic (exact) mass is 256 g/mol. The van der Waals surface area contributed by atoms with Crippen molar-refractivity contribution in [3.63, 3.8) is 0 Å². The van der Waals surface area contributed by atoms with Crippen LogP contribution in [-0.4, -0.2) is 12.2 Å². The van der Waals surface area contributed by atoms with Crippen molar-refractivity contribution < 1.29 is 9.84 Å². The molecule has 0 saturated heterocycles. The number of rotatable bonds is 5. The first-order chi connectivity index (χ1) is 9.24. The molecule has 0 fully saturated rings. The molecule has 100 valence electrons. The van der Waals surface area contributed by atoms with Crippen molar-refractivity contribution in [1.29, 1.82) is 0 Å². The highest BCUT2D eigenvalue weighted by Gasteiger charge is 2.10. The van der Waals surface area contributed by atoms with Gasteiger partial charge >= 0.3 is 0 Å². The molecule has 1 N–H and O–H groups in total. The van der Waals surface area contributed by atoms with Gasteiger partial charge in [0.2, 0.25) is 0 Å². The summed E-state index contributed by atoms with van der Waals surface area (Å²) in [6.45, 7) is 2.69. The molecule has 0 heterocycles. The van der Waals surface area contributed by atoms with Crippen LogP contribution in [0, 0.1) is 0 Å². The molecule has 0 amide bonds. The number of ether oxygens (including phenoxy) is 1. The molecule has 0 radical (unpaired) electrons. The molecular weight excluding hydrogens is 236 g/mol. The van der Waals surface area contributed by atoms with E-state index in [-0.39, 0.29) is 0 Å². The number of aliphatic hydroxyl groups is 1. The highest BCUT2D eigenvalue weighted by molar-refractivity contribution is 5.33. The van der Waals surface area contributed by atoms with E-state index >= 15 is 0 Å². The van der Waals surface area contributed by atoms with Crippen LogP contribution in [0.1, 0.15) is 35.3 Å². The minimum absolute atomic E-state index is 0.565. The maximum Gasteiger partial charge on any atom is 0.104 e. The Morgan fingerprint density at radius 3 is 2.37 bits per heavy atom. The van der Waals surface area contributed by atoms with Crippen LogP contribution in [-0.2, 0) is 17.8 Å². The zero-order valence-corrected chi connectivity index (χ0v) is 11.5. The van der Waals surface area contributed by atoms with Gasteiger partial charge in [0, 0.05) is 7.11 Å². The third kappa shape index (κ3) is 3.43. The van der Waals surface area contributed by atoms with Crippen LogP contribution in [0.25, 0.3) is 0 Å². The fraction of sp³-hybridized carbons (Fsp3) is 0.294. The number of aryl methyl sites for hydroxylation is 1. The van der Waals surface area contributed by atoms with Gasteiger partial charge in [-0.25, -0.2) is 0 Å². The van der Waals surface area contributed by atoms with Gasteiger partial charge in [-0.2, -0.15) is 0 Å². The van der Waals surface area contributed by atoms with Crippen LogP contribution in [0.4, 0.5) is 0 Å². The maximum absolute atomic E-state index is 10.4. The molecule has 0 aliphatic rings. The van der Waals surface area contributed by atoms with Gasteiger partial charge in [0.25, 0.3) is 0 Å². The SMILES string of the molecule is CCc1ccc(C(O)c2cccc(COC)c2)cc1. The van der Waals surface area contributed by atoms with Crippen molar-refractivity contribution in [2.75, 3.05) is 7.11 Å². The van der Waals surface area contributed by atoms with E-state index in [1.807, 2.05) is 36.4 Å². The van der Waals surface area contributed by atoms with E-state index in [1.54, 1.807) is 7.11 Å². The van der Waals surface area contributed by atoms with Crippen molar-refractivity contribution in [3.8, 4) is 0 Å². The van der Waals surface area contributed by atoms with E-state index in [1.165, 1.54) is 5.56 Å². The van der Waals surface area contributed by atoms with Gasteiger partial charge in [-0.05, 0) is 28.7 Å². The van der Waals surface area contributed by atoms with Crippen LogP contribution in [0.15, 0.2) is 48.5 Å². The highest BCUT2D eigenvalue weighted by Crippen LogP contribution is 2.23. The average molecular weight is 256 g/mol. The second-order valence-corrected chi connectivity index (χ2v) is 4.68. The molecule has 0 aliphatic heterocycles. The molecule has 2 aromatic rings. The number of hydrogen-bond acceptors (Lipinski definition) is 2. The molecule has 2 rings (SSSR count). The van der Waals surface area contributed by atoms with Gasteiger partial charge in [0.1, 0.15) is 6.10 Å².